The van der Waals surface area contributed by atoms with E-state index in [1.807, 2.05) is 31.1 Å². The van der Waals surface area contributed by atoms with Gasteiger partial charge in [-0.05, 0) is 38.2 Å². The third kappa shape index (κ3) is 3.88. The van der Waals surface area contributed by atoms with E-state index in [4.69, 9.17) is 0 Å². The summed E-state index contributed by atoms with van der Waals surface area (Å²) < 4.78 is 0. The Hall–Kier alpha value is -1.72. The molecule has 0 radical (unpaired) electrons. The van der Waals surface area contributed by atoms with Crippen molar-refractivity contribution in [3.05, 3.63) is 36.2 Å². The van der Waals surface area contributed by atoms with Crippen molar-refractivity contribution < 1.29 is 9.90 Å². The van der Waals surface area contributed by atoms with Crippen molar-refractivity contribution in [2.45, 2.75) is 12.0 Å². The maximum absolute atomic E-state index is 12.1. The molecule has 5 nitrogen and oxygen atoms in total. The minimum absolute atomic E-state index is 0.0662. The highest BCUT2D eigenvalue weighted by Gasteiger charge is 2.37. The van der Waals surface area contributed by atoms with Crippen LogP contribution >= 0.6 is 0 Å². The summed E-state index contributed by atoms with van der Waals surface area (Å²) in [5.74, 6) is -0.0662. The van der Waals surface area contributed by atoms with E-state index in [-0.39, 0.29) is 5.91 Å². The predicted octanol–water partition coefficient (Wildman–Crippen LogP) is 0.620. The summed E-state index contributed by atoms with van der Waals surface area (Å²) >= 11 is 0. The van der Waals surface area contributed by atoms with Crippen molar-refractivity contribution in [3.63, 3.8) is 0 Å². The molecule has 1 aliphatic rings. The summed E-state index contributed by atoms with van der Waals surface area (Å²) in [4.78, 5) is 19.7. The zero-order chi connectivity index (χ0) is 14.6. The van der Waals surface area contributed by atoms with Crippen LogP contribution in [-0.2, 0) is 4.79 Å². The van der Waals surface area contributed by atoms with Gasteiger partial charge in [-0.15, -0.1) is 0 Å². The van der Waals surface area contributed by atoms with Gasteiger partial charge >= 0.3 is 0 Å². The largest absolute Gasteiger partial charge is 0.387 e. The minimum Gasteiger partial charge on any atom is -0.387 e. The third-order valence-electron chi connectivity index (χ3n) is 3.36. The van der Waals surface area contributed by atoms with E-state index in [9.17, 15) is 9.90 Å². The van der Waals surface area contributed by atoms with Crippen molar-refractivity contribution >= 4 is 12.0 Å². The van der Waals surface area contributed by atoms with E-state index in [1.54, 1.807) is 29.4 Å². The summed E-state index contributed by atoms with van der Waals surface area (Å²) in [6, 6.07) is 3.72. The summed E-state index contributed by atoms with van der Waals surface area (Å²) in [5.41, 5.74) is 0.102. The molecule has 0 spiro atoms. The normalized spacial score (nSPS) is 22.9. The van der Waals surface area contributed by atoms with Crippen LogP contribution in [0.3, 0.4) is 0 Å². The SMILES string of the molecule is CN(C)C[C@]1(O)CCN(C(=O)/C=C/c2cccnc2)C1. The molecule has 20 heavy (non-hydrogen) atoms. The number of carbonyl (C=O) groups is 1. The first-order valence-corrected chi connectivity index (χ1v) is 6.73. The molecule has 1 atom stereocenters. The van der Waals surface area contributed by atoms with Crippen molar-refractivity contribution in [1.82, 2.24) is 14.8 Å². The van der Waals surface area contributed by atoms with Gasteiger partial charge in [0, 0.05) is 31.6 Å². The van der Waals surface area contributed by atoms with Crippen LogP contribution in [0.15, 0.2) is 30.6 Å². The van der Waals surface area contributed by atoms with Gasteiger partial charge in [0.2, 0.25) is 5.91 Å². The van der Waals surface area contributed by atoms with Crippen molar-refractivity contribution in [3.8, 4) is 0 Å². The fourth-order valence-corrected chi connectivity index (χ4v) is 2.51. The van der Waals surface area contributed by atoms with Crippen LogP contribution < -0.4 is 0 Å². The number of likely N-dealkylation sites (N-methyl/N-ethyl adjacent to an activating group) is 1. The Balaban J connectivity index is 1.93. The standard InChI is InChI=1S/C15H21N3O2/c1-17(2)11-15(20)7-9-18(12-15)14(19)6-5-13-4-3-8-16-10-13/h3-6,8,10,20H,7,9,11-12H2,1-2H3/b6-5+/t15-/m1/s1. The van der Waals surface area contributed by atoms with E-state index in [2.05, 4.69) is 4.98 Å². The number of rotatable bonds is 4. The van der Waals surface area contributed by atoms with Gasteiger partial charge < -0.3 is 14.9 Å². The predicted molar refractivity (Wildman–Crippen MR) is 78.0 cm³/mol. The van der Waals surface area contributed by atoms with Crippen LogP contribution in [-0.4, -0.2) is 65.1 Å². The third-order valence-corrected chi connectivity index (χ3v) is 3.36. The van der Waals surface area contributed by atoms with E-state index < -0.39 is 5.60 Å². The van der Waals surface area contributed by atoms with Gasteiger partial charge in [-0.2, -0.15) is 0 Å². The minimum atomic E-state index is -0.790. The molecular weight excluding hydrogens is 254 g/mol. The zero-order valence-electron chi connectivity index (χ0n) is 12.0. The summed E-state index contributed by atoms with van der Waals surface area (Å²) in [6.45, 7) is 1.56. The van der Waals surface area contributed by atoms with Crippen LogP contribution in [0.4, 0.5) is 0 Å². The second kappa shape index (κ2) is 6.15. The molecule has 0 bridgehead atoms. The Morgan fingerprint density at radius 3 is 3.05 bits per heavy atom. The average Bonchev–Trinajstić information content (AvgIpc) is 2.78. The van der Waals surface area contributed by atoms with Gasteiger partial charge in [0.15, 0.2) is 0 Å². The highest BCUT2D eigenvalue weighted by Crippen LogP contribution is 2.22. The van der Waals surface area contributed by atoms with E-state index >= 15 is 0 Å². The molecule has 0 aliphatic carbocycles. The molecule has 0 unspecified atom stereocenters. The molecule has 1 saturated heterocycles. The number of β-amino-alcohol motifs (C(OH)–C–C–N with tert-alkyl or cyclic N) is 1. The Bertz CT molecular complexity index is 487. The number of pyridine rings is 1. The fourth-order valence-electron chi connectivity index (χ4n) is 2.51. The number of amides is 1. The second-order valence-corrected chi connectivity index (χ2v) is 5.59. The van der Waals surface area contributed by atoms with Gasteiger partial charge in [0.05, 0.1) is 12.1 Å². The van der Waals surface area contributed by atoms with Crippen molar-refractivity contribution in [2.75, 3.05) is 33.7 Å². The summed E-state index contributed by atoms with van der Waals surface area (Å²) in [6.07, 6.45) is 7.31. The molecule has 0 saturated carbocycles. The van der Waals surface area contributed by atoms with Crippen molar-refractivity contribution in [1.29, 1.82) is 0 Å². The number of carbonyl (C=O) groups excluding carboxylic acids is 1. The number of aliphatic hydroxyl groups is 1. The van der Waals surface area contributed by atoms with Crippen LogP contribution in [0, 0.1) is 0 Å². The maximum Gasteiger partial charge on any atom is 0.246 e. The first-order chi connectivity index (χ1) is 9.48. The van der Waals surface area contributed by atoms with Gasteiger partial charge in [0.1, 0.15) is 0 Å². The molecule has 1 aromatic heterocycles. The Morgan fingerprint density at radius 1 is 1.60 bits per heavy atom. The Labute approximate surface area is 119 Å². The number of aromatic nitrogens is 1. The van der Waals surface area contributed by atoms with Gasteiger partial charge in [-0.25, -0.2) is 0 Å². The molecule has 0 aromatic carbocycles. The molecule has 1 N–H and O–H groups in total. The lowest BCUT2D eigenvalue weighted by molar-refractivity contribution is -0.126. The van der Waals surface area contributed by atoms with E-state index in [1.165, 1.54) is 0 Å². The maximum atomic E-state index is 12.1. The smallest absolute Gasteiger partial charge is 0.246 e. The molecule has 5 heteroatoms. The summed E-state index contributed by atoms with van der Waals surface area (Å²) in [5, 5.41) is 10.4. The van der Waals surface area contributed by atoms with Gasteiger partial charge in [0.25, 0.3) is 0 Å². The quantitative estimate of drug-likeness (QED) is 0.819. The van der Waals surface area contributed by atoms with E-state index in [0.717, 1.165) is 5.56 Å². The highest BCUT2D eigenvalue weighted by atomic mass is 16.3. The van der Waals surface area contributed by atoms with Crippen LogP contribution in [0.25, 0.3) is 6.08 Å². The topological polar surface area (TPSA) is 56.7 Å². The molecule has 1 amide bonds. The van der Waals surface area contributed by atoms with Crippen LogP contribution in [0.5, 0.6) is 0 Å². The van der Waals surface area contributed by atoms with Gasteiger partial charge in [-0.1, -0.05) is 6.07 Å². The lowest BCUT2D eigenvalue weighted by atomic mass is 10.0. The highest BCUT2D eigenvalue weighted by molar-refractivity contribution is 5.92. The number of hydrogen-bond acceptors (Lipinski definition) is 4. The average molecular weight is 275 g/mol. The second-order valence-electron chi connectivity index (χ2n) is 5.59. The number of nitrogens with zero attached hydrogens (tertiary/aromatic N) is 3. The van der Waals surface area contributed by atoms with Crippen LogP contribution in [0.2, 0.25) is 0 Å². The lowest BCUT2D eigenvalue weighted by Crippen LogP contribution is -2.43. The molecule has 108 valence electrons. The number of hydrogen-bond donors (Lipinski definition) is 1. The lowest BCUT2D eigenvalue weighted by Gasteiger charge is -2.26. The molecular formula is C15H21N3O2. The van der Waals surface area contributed by atoms with Crippen LogP contribution in [0.1, 0.15) is 12.0 Å². The molecule has 1 aromatic rings. The Kier molecular flexibility index (Phi) is 4.52. The molecule has 1 fully saturated rings. The Morgan fingerprint density at radius 2 is 2.40 bits per heavy atom. The molecule has 1 aliphatic heterocycles. The monoisotopic (exact) mass is 275 g/mol. The summed E-state index contributed by atoms with van der Waals surface area (Å²) in [7, 11) is 3.84. The first kappa shape index (κ1) is 14.7. The van der Waals surface area contributed by atoms with Crippen molar-refractivity contribution in [2.24, 2.45) is 0 Å². The fraction of sp³-hybridized carbons (Fsp3) is 0.467. The van der Waals surface area contributed by atoms with E-state index in [0.29, 0.717) is 26.1 Å². The molecule has 2 rings (SSSR count). The zero-order valence-corrected chi connectivity index (χ0v) is 12.0. The molecule has 2 heterocycles. The van der Waals surface area contributed by atoms with Gasteiger partial charge in [-0.3, -0.25) is 9.78 Å². The number of likely N-dealkylation sites (tertiary alicyclic amines) is 1. The first-order valence-electron chi connectivity index (χ1n) is 6.73.